The minimum atomic E-state index is -0.442. The van der Waals surface area contributed by atoms with Crippen molar-refractivity contribution in [3.63, 3.8) is 0 Å². The molecule has 0 aliphatic carbocycles. The molecule has 4 rings (SSSR count). The average Bonchev–Trinajstić information content (AvgIpc) is 2.84. The first-order valence-electron chi connectivity index (χ1n) is 9.59. The predicted octanol–water partition coefficient (Wildman–Crippen LogP) is 3.22. The van der Waals surface area contributed by atoms with Gasteiger partial charge < -0.3 is 9.64 Å². The maximum Gasteiger partial charge on any atom is 0.223 e. The number of amides is 1. The lowest BCUT2D eigenvalue weighted by Crippen LogP contribution is -2.40. The van der Waals surface area contributed by atoms with E-state index in [-0.39, 0.29) is 11.3 Å². The van der Waals surface area contributed by atoms with Crippen LogP contribution < -0.4 is 0 Å². The van der Waals surface area contributed by atoms with Gasteiger partial charge in [0.05, 0.1) is 13.2 Å². The monoisotopic (exact) mass is 386 g/mol. The van der Waals surface area contributed by atoms with Crippen molar-refractivity contribution in [1.29, 1.82) is 0 Å². The molecule has 2 heterocycles. The molecule has 0 N–H and O–H groups in total. The molecule has 2 aliphatic rings. The highest BCUT2D eigenvalue weighted by molar-refractivity contribution is 5.79. The lowest BCUT2D eigenvalue weighted by Gasteiger charge is -2.31. The van der Waals surface area contributed by atoms with Crippen molar-refractivity contribution >= 4 is 5.91 Å². The van der Waals surface area contributed by atoms with E-state index in [2.05, 4.69) is 4.90 Å². The molecule has 0 saturated carbocycles. The van der Waals surface area contributed by atoms with Crippen LogP contribution in [0.3, 0.4) is 0 Å². The van der Waals surface area contributed by atoms with Crippen LogP contribution in [0.15, 0.2) is 48.5 Å². The van der Waals surface area contributed by atoms with E-state index in [0.717, 1.165) is 17.7 Å². The third-order valence-electron chi connectivity index (χ3n) is 5.54. The summed E-state index contributed by atoms with van der Waals surface area (Å²) in [6.07, 6.45) is 0.419. The largest absolute Gasteiger partial charge is 0.379 e. The zero-order valence-corrected chi connectivity index (χ0v) is 15.7. The third kappa shape index (κ3) is 4.23. The molecule has 148 valence electrons. The molecule has 28 heavy (non-hydrogen) atoms. The van der Waals surface area contributed by atoms with Crippen LogP contribution >= 0.6 is 0 Å². The van der Waals surface area contributed by atoms with Crippen molar-refractivity contribution < 1.29 is 18.3 Å². The molecule has 0 unspecified atom stereocenters. The van der Waals surface area contributed by atoms with Gasteiger partial charge in [0.2, 0.25) is 5.91 Å². The van der Waals surface area contributed by atoms with Crippen LogP contribution in [0, 0.1) is 17.0 Å². The number of nitrogens with zero attached hydrogens (tertiary/aromatic N) is 2. The second-order valence-corrected chi connectivity index (χ2v) is 7.91. The number of ether oxygens (including phenoxy) is 1. The molecule has 1 spiro atoms. The summed E-state index contributed by atoms with van der Waals surface area (Å²) in [6, 6.07) is 13.5. The second kappa shape index (κ2) is 7.97. The molecule has 0 bridgehead atoms. The van der Waals surface area contributed by atoms with Crippen LogP contribution in [0.2, 0.25) is 0 Å². The first kappa shape index (κ1) is 19.0. The topological polar surface area (TPSA) is 32.8 Å². The Morgan fingerprint density at radius 2 is 1.86 bits per heavy atom. The number of rotatable bonds is 4. The number of carbonyl (C=O) groups is 1. The fraction of sp³-hybridized carbons (Fsp3) is 0.409. The van der Waals surface area contributed by atoms with Crippen LogP contribution in [0.4, 0.5) is 8.78 Å². The van der Waals surface area contributed by atoms with Gasteiger partial charge in [-0.05, 0) is 23.8 Å². The van der Waals surface area contributed by atoms with Gasteiger partial charge in [0.1, 0.15) is 11.6 Å². The Kier molecular flexibility index (Phi) is 5.42. The van der Waals surface area contributed by atoms with Crippen molar-refractivity contribution in [2.75, 3.05) is 32.8 Å². The van der Waals surface area contributed by atoms with Crippen molar-refractivity contribution in [1.82, 2.24) is 9.80 Å². The van der Waals surface area contributed by atoms with E-state index in [1.54, 1.807) is 0 Å². The quantitative estimate of drug-likeness (QED) is 0.809. The zero-order chi connectivity index (χ0) is 19.6. The van der Waals surface area contributed by atoms with Gasteiger partial charge in [-0.2, -0.15) is 0 Å². The highest BCUT2D eigenvalue weighted by Crippen LogP contribution is 2.35. The molecule has 2 aliphatic heterocycles. The lowest BCUT2D eigenvalue weighted by atomic mass is 9.87. The molecule has 2 aromatic carbocycles. The smallest absolute Gasteiger partial charge is 0.223 e. The maximum atomic E-state index is 14.1. The van der Waals surface area contributed by atoms with Gasteiger partial charge in [-0.3, -0.25) is 9.69 Å². The molecule has 1 amide bonds. The van der Waals surface area contributed by atoms with E-state index >= 15 is 0 Å². The van der Waals surface area contributed by atoms with Crippen molar-refractivity contribution in [2.24, 2.45) is 5.41 Å². The molecule has 0 aromatic heterocycles. The molecule has 2 aromatic rings. The summed E-state index contributed by atoms with van der Waals surface area (Å²) in [7, 11) is 0. The normalized spacial score (nSPS) is 23.4. The Hall–Kier alpha value is -2.31. The molecule has 6 heteroatoms. The van der Waals surface area contributed by atoms with Crippen LogP contribution in [-0.2, 0) is 22.6 Å². The highest BCUT2D eigenvalue weighted by atomic mass is 19.1. The molecule has 2 fully saturated rings. The molecule has 1 atom stereocenters. The fourth-order valence-corrected chi connectivity index (χ4v) is 4.25. The molecule has 2 saturated heterocycles. The standard InChI is InChI=1S/C22H24F2N2O2/c23-19-6-7-20(24)18(10-19)13-25-8-9-28-16-22(14-25)11-21(27)26(15-22)12-17-4-2-1-3-5-17/h1-7,10H,8-9,11-16H2/t22-/m0/s1. The van der Waals surface area contributed by atoms with Gasteiger partial charge in [-0.1, -0.05) is 30.3 Å². The number of hydrogen-bond donors (Lipinski definition) is 0. The molecular formula is C22H24F2N2O2. The number of benzene rings is 2. The highest BCUT2D eigenvalue weighted by Gasteiger charge is 2.45. The summed E-state index contributed by atoms with van der Waals surface area (Å²) >= 11 is 0. The third-order valence-corrected chi connectivity index (χ3v) is 5.54. The number of hydrogen-bond acceptors (Lipinski definition) is 3. The molecule has 0 radical (unpaired) electrons. The number of likely N-dealkylation sites (tertiary alicyclic amines) is 1. The van der Waals surface area contributed by atoms with Crippen molar-refractivity contribution in [2.45, 2.75) is 19.5 Å². The first-order chi connectivity index (χ1) is 13.5. The Bertz CT molecular complexity index is 846. The van der Waals surface area contributed by atoms with Crippen LogP contribution in [0.25, 0.3) is 0 Å². The van der Waals surface area contributed by atoms with E-state index in [9.17, 15) is 13.6 Å². The SMILES string of the molecule is O=C1C[C@@]2(COCCN(Cc3cc(F)ccc3F)C2)CN1Cc1ccccc1. The number of halogens is 2. The van der Waals surface area contributed by atoms with E-state index in [1.165, 1.54) is 6.07 Å². The lowest BCUT2D eigenvalue weighted by molar-refractivity contribution is -0.128. The van der Waals surface area contributed by atoms with Gasteiger partial charge in [-0.15, -0.1) is 0 Å². The zero-order valence-electron chi connectivity index (χ0n) is 15.7. The Morgan fingerprint density at radius 1 is 1.04 bits per heavy atom. The Labute approximate surface area is 163 Å². The Balaban J connectivity index is 1.47. The molecule has 4 nitrogen and oxygen atoms in total. The van der Waals surface area contributed by atoms with Gasteiger partial charge in [-0.25, -0.2) is 8.78 Å². The maximum absolute atomic E-state index is 14.1. The summed E-state index contributed by atoms with van der Waals surface area (Å²) < 4.78 is 33.4. The molecular weight excluding hydrogens is 362 g/mol. The summed E-state index contributed by atoms with van der Waals surface area (Å²) in [5.41, 5.74) is 1.12. The van der Waals surface area contributed by atoms with Crippen LogP contribution in [-0.4, -0.2) is 48.6 Å². The van der Waals surface area contributed by atoms with Gasteiger partial charge in [0.25, 0.3) is 0 Å². The second-order valence-electron chi connectivity index (χ2n) is 7.91. The van der Waals surface area contributed by atoms with Gasteiger partial charge in [0.15, 0.2) is 0 Å². The van der Waals surface area contributed by atoms with Crippen molar-refractivity contribution in [3.8, 4) is 0 Å². The first-order valence-corrected chi connectivity index (χ1v) is 9.59. The van der Waals surface area contributed by atoms with E-state index < -0.39 is 11.6 Å². The van der Waals surface area contributed by atoms with Gasteiger partial charge in [0, 0.05) is 50.1 Å². The summed E-state index contributed by atoms with van der Waals surface area (Å²) in [6.45, 7) is 3.78. The average molecular weight is 386 g/mol. The number of carbonyl (C=O) groups excluding carboxylic acids is 1. The Morgan fingerprint density at radius 3 is 2.68 bits per heavy atom. The van der Waals surface area contributed by atoms with E-state index in [4.69, 9.17) is 4.74 Å². The van der Waals surface area contributed by atoms with Crippen molar-refractivity contribution in [3.05, 3.63) is 71.3 Å². The summed E-state index contributed by atoms with van der Waals surface area (Å²) in [5.74, 6) is -0.734. The summed E-state index contributed by atoms with van der Waals surface area (Å²) in [4.78, 5) is 16.6. The predicted molar refractivity (Wildman–Crippen MR) is 101 cm³/mol. The van der Waals surface area contributed by atoms with E-state index in [0.29, 0.717) is 57.9 Å². The van der Waals surface area contributed by atoms with Crippen LogP contribution in [0.5, 0.6) is 0 Å². The van der Waals surface area contributed by atoms with E-state index in [1.807, 2.05) is 35.2 Å². The minimum Gasteiger partial charge on any atom is -0.379 e. The van der Waals surface area contributed by atoms with Crippen LogP contribution in [0.1, 0.15) is 17.5 Å². The van der Waals surface area contributed by atoms with Gasteiger partial charge >= 0.3 is 0 Å². The minimum absolute atomic E-state index is 0.117. The summed E-state index contributed by atoms with van der Waals surface area (Å²) in [5, 5.41) is 0. The fourth-order valence-electron chi connectivity index (χ4n) is 4.25.